The number of aromatic nitrogens is 1. The fraction of sp³-hybridized carbons (Fsp3) is 0.158. The van der Waals surface area contributed by atoms with E-state index in [2.05, 4.69) is 5.32 Å². The Balaban J connectivity index is 1.98. The minimum absolute atomic E-state index is 0.282. The van der Waals surface area contributed by atoms with Crippen LogP contribution in [0.1, 0.15) is 17.3 Å². The third-order valence-electron chi connectivity index (χ3n) is 3.93. The number of benzene rings is 2. The number of nitrogens with zero attached hydrogens (tertiary/aromatic N) is 1. The number of hydrogen-bond donors (Lipinski definition) is 2. The first-order valence-electron chi connectivity index (χ1n) is 7.87. The maximum absolute atomic E-state index is 12.5. The van der Waals surface area contributed by atoms with E-state index in [1.807, 2.05) is 6.92 Å². The minimum atomic E-state index is -0.659. The summed E-state index contributed by atoms with van der Waals surface area (Å²) in [4.78, 5) is 25.0. The molecule has 6 nitrogen and oxygen atoms in total. The highest BCUT2D eigenvalue weighted by molar-refractivity contribution is 6.09. The summed E-state index contributed by atoms with van der Waals surface area (Å²) in [5.74, 6) is -0.292. The Morgan fingerprint density at radius 1 is 1.16 bits per heavy atom. The summed E-state index contributed by atoms with van der Waals surface area (Å²) in [7, 11) is 1.57. The van der Waals surface area contributed by atoms with E-state index in [0.29, 0.717) is 28.9 Å². The molecule has 0 unspecified atom stereocenters. The summed E-state index contributed by atoms with van der Waals surface area (Å²) < 4.78 is 6.70. The fourth-order valence-corrected chi connectivity index (χ4v) is 2.68. The molecule has 1 aromatic heterocycles. The van der Waals surface area contributed by atoms with Crippen molar-refractivity contribution in [2.75, 3.05) is 11.9 Å². The molecule has 0 aliphatic heterocycles. The lowest BCUT2D eigenvalue weighted by atomic mass is 10.1. The maximum Gasteiger partial charge on any atom is 0.267 e. The molecule has 6 heteroatoms. The number of aryl methyl sites for hydroxylation is 1. The van der Waals surface area contributed by atoms with Gasteiger partial charge in [0.1, 0.15) is 17.1 Å². The third-order valence-corrected chi connectivity index (χ3v) is 3.93. The van der Waals surface area contributed by atoms with Crippen molar-refractivity contribution in [2.45, 2.75) is 6.92 Å². The summed E-state index contributed by atoms with van der Waals surface area (Å²) in [6.45, 7) is 2.43. The number of aromatic hydroxyl groups is 1. The minimum Gasteiger partial charge on any atom is -0.506 e. The Hall–Kier alpha value is -3.28. The molecule has 2 N–H and O–H groups in total. The molecule has 3 rings (SSSR count). The highest BCUT2D eigenvalue weighted by Gasteiger charge is 2.21. The molecule has 2 aromatic carbocycles. The standard InChI is InChI=1S/C19H18N2O4/c1-3-25-13-10-8-12(9-11-13)20-18(23)16-17(22)14-6-4-5-7-15(14)21(2)19(16)24/h4-11,22H,3H2,1-2H3,(H,20,23). The summed E-state index contributed by atoms with van der Waals surface area (Å²) in [5.41, 5.74) is 0.223. The number of carbonyl (C=O) groups excluding carboxylic acids is 1. The molecule has 0 atom stereocenters. The van der Waals surface area contributed by atoms with E-state index in [0.717, 1.165) is 0 Å². The second kappa shape index (κ2) is 6.68. The lowest BCUT2D eigenvalue weighted by Gasteiger charge is -2.12. The maximum atomic E-state index is 12.5. The van der Waals surface area contributed by atoms with Gasteiger partial charge in [-0.3, -0.25) is 9.59 Å². The number of pyridine rings is 1. The van der Waals surface area contributed by atoms with Crippen molar-refractivity contribution < 1.29 is 14.6 Å². The average molecular weight is 338 g/mol. The number of anilines is 1. The molecule has 25 heavy (non-hydrogen) atoms. The fourth-order valence-electron chi connectivity index (χ4n) is 2.68. The molecule has 0 bridgehead atoms. The van der Waals surface area contributed by atoms with Gasteiger partial charge in [0, 0.05) is 18.1 Å². The predicted molar refractivity (Wildman–Crippen MR) is 96.4 cm³/mol. The van der Waals surface area contributed by atoms with Gasteiger partial charge in [0.05, 0.1) is 12.1 Å². The smallest absolute Gasteiger partial charge is 0.267 e. The quantitative estimate of drug-likeness (QED) is 0.766. The van der Waals surface area contributed by atoms with E-state index >= 15 is 0 Å². The molecule has 0 fully saturated rings. The topological polar surface area (TPSA) is 80.6 Å². The number of amides is 1. The van der Waals surface area contributed by atoms with Crippen LogP contribution in [0.4, 0.5) is 5.69 Å². The predicted octanol–water partition coefficient (Wildman–Crippen LogP) is 2.90. The molecule has 128 valence electrons. The van der Waals surface area contributed by atoms with E-state index in [4.69, 9.17) is 4.74 Å². The number of nitrogens with one attached hydrogen (secondary N) is 1. The van der Waals surface area contributed by atoms with Gasteiger partial charge >= 0.3 is 0 Å². The zero-order valence-electron chi connectivity index (χ0n) is 13.9. The number of ether oxygens (including phenoxy) is 1. The van der Waals surface area contributed by atoms with E-state index in [-0.39, 0.29) is 11.3 Å². The number of carbonyl (C=O) groups is 1. The summed E-state index contributed by atoms with van der Waals surface area (Å²) in [6.07, 6.45) is 0. The molecule has 0 aliphatic rings. The van der Waals surface area contributed by atoms with Gasteiger partial charge in [-0.25, -0.2) is 0 Å². The molecule has 1 heterocycles. The number of para-hydroxylation sites is 1. The molecular weight excluding hydrogens is 320 g/mol. The highest BCUT2D eigenvalue weighted by Crippen LogP contribution is 2.26. The number of fused-ring (bicyclic) bond motifs is 1. The first-order valence-corrected chi connectivity index (χ1v) is 7.87. The average Bonchev–Trinajstić information content (AvgIpc) is 2.62. The van der Waals surface area contributed by atoms with E-state index in [1.165, 1.54) is 4.57 Å². The normalized spacial score (nSPS) is 10.6. The Kier molecular flexibility index (Phi) is 4.43. The van der Waals surface area contributed by atoms with Crippen LogP contribution in [0.3, 0.4) is 0 Å². The van der Waals surface area contributed by atoms with Crippen LogP contribution in [0.25, 0.3) is 10.9 Å². The van der Waals surface area contributed by atoms with Gasteiger partial charge in [-0.05, 0) is 43.3 Å². The SMILES string of the molecule is CCOc1ccc(NC(=O)c2c(O)c3ccccc3n(C)c2=O)cc1. The first-order chi connectivity index (χ1) is 12.0. The summed E-state index contributed by atoms with van der Waals surface area (Å²) >= 11 is 0. The van der Waals surface area contributed by atoms with Crippen molar-refractivity contribution in [3.63, 3.8) is 0 Å². The Morgan fingerprint density at radius 3 is 2.52 bits per heavy atom. The van der Waals surface area contributed by atoms with Gasteiger partial charge < -0.3 is 19.7 Å². The molecular formula is C19H18N2O4. The molecule has 0 radical (unpaired) electrons. The Bertz CT molecular complexity index is 991. The molecule has 0 aliphatic carbocycles. The Morgan fingerprint density at radius 2 is 1.84 bits per heavy atom. The van der Waals surface area contributed by atoms with E-state index in [1.54, 1.807) is 55.6 Å². The number of rotatable bonds is 4. The van der Waals surface area contributed by atoms with Crippen molar-refractivity contribution in [3.05, 3.63) is 64.4 Å². The van der Waals surface area contributed by atoms with Crippen LogP contribution in [0.2, 0.25) is 0 Å². The van der Waals surface area contributed by atoms with E-state index < -0.39 is 11.5 Å². The van der Waals surface area contributed by atoms with Crippen molar-refractivity contribution in [1.29, 1.82) is 0 Å². The second-order valence-corrected chi connectivity index (χ2v) is 5.52. The monoisotopic (exact) mass is 338 g/mol. The van der Waals surface area contributed by atoms with E-state index in [9.17, 15) is 14.7 Å². The molecule has 0 spiro atoms. The van der Waals surface area contributed by atoms with Gasteiger partial charge in [0.25, 0.3) is 11.5 Å². The zero-order valence-corrected chi connectivity index (χ0v) is 13.9. The van der Waals surface area contributed by atoms with Gasteiger partial charge in [-0.15, -0.1) is 0 Å². The number of hydrogen-bond acceptors (Lipinski definition) is 4. The first kappa shape index (κ1) is 16.6. The zero-order chi connectivity index (χ0) is 18.0. The van der Waals surface area contributed by atoms with Crippen LogP contribution in [0.15, 0.2) is 53.3 Å². The molecule has 3 aromatic rings. The second-order valence-electron chi connectivity index (χ2n) is 5.52. The molecule has 0 saturated heterocycles. The lowest BCUT2D eigenvalue weighted by molar-refractivity contribution is 0.102. The van der Waals surface area contributed by atoms with Gasteiger partial charge in [0.2, 0.25) is 0 Å². The van der Waals surface area contributed by atoms with Gasteiger partial charge in [-0.1, -0.05) is 12.1 Å². The van der Waals surface area contributed by atoms with Crippen LogP contribution >= 0.6 is 0 Å². The van der Waals surface area contributed by atoms with Crippen LogP contribution in [-0.4, -0.2) is 22.2 Å². The molecule has 0 saturated carbocycles. The van der Waals surface area contributed by atoms with Gasteiger partial charge in [-0.2, -0.15) is 0 Å². The molecule has 1 amide bonds. The Labute approximate surface area is 144 Å². The lowest BCUT2D eigenvalue weighted by Crippen LogP contribution is -2.28. The van der Waals surface area contributed by atoms with Crippen LogP contribution in [-0.2, 0) is 7.05 Å². The van der Waals surface area contributed by atoms with Crippen molar-refractivity contribution in [2.24, 2.45) is 7.05 Å². The van der Waals surface area contributed by atoms with Gasteiger partial charge in [0.15, 0.2) is 0 Å². The van der Waals surface area contributed by atoms with Crippen molar-refractivity contribution >= 4 is 22.5 Å². The van der Waals surface area contributed by atoms with Crippen molar-refractivity contribution in [3.8, 4) is 11.5 Å². The summed E-state index contributed by atoms with van der Waals surface area (Å²) in [5, 5.41) is 13.5. The van der Waals surface area contributed by atoms with Crippen LogP contribution in [0, 0.1) is 0 Å². The van der Waals surface area contributed by atoms with Crippen LogP contribution in [0.5, 0.6) is 11.5 Å². The summed E-state index contributed by atoms with van der Waals surface area (Å²) in [6, 6.07) is 13.7. The van der Waals surface area contributed by atoms with Crippen molar-refractivity contribution in [1.82, 2.24) is 4.57 Å². The third kappa shape index (κ3) is 3.06. The highest BCUT2D eigenvalue weighted by atomic mass is 16.5. The largest absolute Gasteiger partial charge is 0.506 e. The van der Waals surface area contributed by atoms with Crippen LogP contribution < -0.4 is 15.6 Å².